The van der Waals surface area contributed by atoms with Gasteiger partial charge >= 0.3 is 0 Å². The Bertz CT molecular complexity index is 902. The van der Waals surface area contributed by atoms with Crippen LogP contribution in [0.25, 0.3) is 10.9 Å². The summed E-state index contributed by atoms with van der Waals surface area (Å²) in [5, 5.41) is 19.9. The normalized spacial score (nSPS) is 14.3. The van der Waals surface area contributed by atoms with Crippen molar-refractivity contribution in [2.45, 2.75) is 25.9 Å². The molecule has 3 rings (SSSR count). The fourth-order valence-electron chi connectivity index (χ4n) is 2.91. The van der Waals surface area contributed by atoms with Gasteiger partial charge in [0.15, 0.2) is 5.96 Å². The maximum atomic E-state index is 13.5. The van der Waals surface area contributed by atoms with E-state index in [1.165, 1.54) is 17.4 Å². The molecule has 1 aromatic carbocycles. The molecule has 2 aromatic heterocycles. The fraction of sp³-hybridized carbons (Fsp3) is 0.350. The summed E-state index contributed by atoms with van der Waals surface area (Å²) in [5.41, 5.74) is 0.989. The summed E-state index contributed by atoms with van der Waals surface area (Å²) in [6.45, 7) is 5.41. The van der Waals surface area contributed by atoms with Crippen LogP contribution < -0.4 is 10.6 Å². The Labute approximate surface area is 162 Å². The molecule has 0 radical (unpaired) electrons. The minimum absolute atomic E-state index is 0.234. The van der Waals surface area contributed by atoms with E-state index in [0.29, 0.717) is 12.5 Å². The number of H-pyrrole nitrogens is 1. The lowest BCUT2D eigenvalue weighted by atomic mass is 10.1. The van der Waals surface area contributed by atoms with Crippen LogP contribution >= 0.6 is 11.3 Å². The number of thiophene rings is 1. The van der Waals surface area contributed by atoms with Gasteiger partial charge in [0.1, 0.15) is 11.4 Å². The second-order valence-electron chi connectivity index (χ2n) is 6.63. The van der Waals surface area contributed by atoms with E-state index in [1.807, 2.05) is 30.6 Å². The number of aliphatic hydroxyl groups is 1. The molecule has 0 aliphatic carbocycles. The predicted molar refractivity (Wildman–Crippen MR) is 110 cm³/mol. The number of aromatic amines is 1. The number of hydrogen-bond acceptors (Lipinski definition) is 3. The average Bonchev–Trinajstić information content (AvgIpc) is 3.30. The summed E-state index contributed by atoms with van der Waals surface area (Å²) >= 11 is 1.52. The van der Waals surface area contributed by atoms with E-state index in [1.54, 1.807) is 19.1 Å². The zero-order chi connectivity index (χ0) is 19.3. The van der Waals surface area contributed by atoms with Crippen LogP contribution in [0, 0.1) is 5.82 Å². The highest BCUT2D eigenvalue weighted by atomic mass is 32.1. The molecule has 0 aliphatic rings. The molecule has 7 heteroatoms. The molecule has 0 fully saturated rings. The van der Waals surface area contributed by atoms with E-state index in [4.69, 9.17) is 0 Å². The van der Waals surface area contributed by atoms with E-state index in [2.05, 4.69) is 20.6 Å². The van der Waals surface area contributed by atoms with Gasteiger partial charge < -0.3 is 20.7 Å². The summed E-state index contributed by atoms with van der Waals surface area (Å²) in [6, 6.07) is 8.59. The van der Waals surface area contributed by atoms with Crippen molar-refractivity contribution >= 4 is 28.2 Å². The first-order valence-electron chi connectivity index (χ1n) is 9.03. The van der Waals surface area contributed by atoms with Crippen LogP contribution in [0.3, 0.4) is 0 Å². The molecule has 0 amide bonds. The Morgan fingerprint density at radius 2 is 2.19 bits per heavy atom. The number of guanidine groups is 1. The van der Waals surface area contributed by atoms with E-state index < -0.39 is 5.60 Å². The lowest BCUT2D eigenvalue weighted by Gasteiger charge is -2.20. The molecule has 0 bridgehead atoms. The standard InChI is InChI=1S/C20H25FN4OS/c1-3-22-19(25-13-20(2,26)18-5-4-10-27-18)23-9-8-14-12-24-17-7-6-15(21)11-16(14)17/h4-7,10-12,24,26H,3,8-9,13H2,1-2H3,(H2,22,23,25). The molecule has 0 saturated heterocycles. The molecule has 3 aromatic rings. The van der Waals surface area contributed by atoms with Crippen LogP contribution in [0.2, 0.25) is 0 Å². The van der Waals surface area contributed by atoms with Crippen molar-refractivity contribution in [3.8, 4) is 0 Å². The smallest absolute Gasteiger partial charge is 0.191 e. The molecule has 0 spiro atoms. The maximum Gasteiger partial charge on any atom is 0.191 e. The number of rotatable bonds is 7. The molecule has 4 N–H and O–H groups in total. The van der Waals surface area contributed by atoms with Crippen molar-refractivity contribution < 1.29 is 9.50 Å². The zero-order valence-electron chi connectivity index (χ0n) is 15.6. The lowest BCUT2D eigenvalue weighted by molar-refractivity contribution is 0.0711. The first kappa shape index (κ1) is 19.4. The van der Waals surface area contributed by atoms with Gasteiger partial charge in [0, 0.05) is 35.1 Å². The van der Waals surface area contributed by atoms with E-state index in [0.717, 1.165) is 34.3 Å². The quantitative estimate of drug-likeness (QED) is 0.370. The maximum absolute atomic E-state index is 13.5. The van der Waals surface area contributed by atoms with E-state index in [-0.39, 0.29) is 12.4 Å². The Morgan fingerprint density at radius 1 is 1.33 bits per heavy atom. The largest absolute Gasteiger partial charge is 0.383 e. The van der Waals surface area contributed by atoms with Crippen LogP contribution in [-0.4, -0.2) is 35.7 Å². The third-order valence-corrected chi connectivity index (χ3v) is 5.48. The van der Waals surface area contributed by atoms with Crippen molar-refractivity contribution in [1.29, 1.82) is 0 Å². The summed E-state index contributed by atoms with van der Waals surface area (Å²) in [5.74, 6) is 0.419. The number of benzene rings is 1. The number of nitrogens with zero attached hydrogens (tertiary/aromatic N) is 1. The number of nitrogens with one attached hydrogen (secondary N) is 3. The van der Waals surface area contributed by atoms with Crippen molar-refractivity contribution in [2.24, 2.45) is 4.99 Å². The van der Waals surface area contributed by atoms with Crippen LogP contribution in [0.5, 0.6) is 0 Å². The van der Waals surface area contributed by atoms with Crippen molar-refractivity contribution in [3.63, 3.8) is 0 Å². The monoisotopic (exact) mass is 388 g/mol. The molecule has 0 aliphatic heterocycles. The van der Waals surface area contributed by atoms with Crippen molar-refractivity contribution in [2.75, 3.05) is 19.6 Å². The SMILES string of the molecule is CCNC(=NCC(C)(O)c1cccs1)NCCc1c[nH]c2ccc(F)cc12. The van der Waals surface area contributed by atoms with Gasteiger partial charge in [-0.1, -0.05) is 6.07 Å². The lowest BCUT2D eigenvalue weighted by Crippen LogP contribution is -2.39. The van der Waals surface area contributed by atoms with Gasteiger partial charge in [-0.05, 0) is 55.5 Å². The molecule has 0 saturated carbocycles. The van der Waals surface area contributed by atoms with Crippen LogP contribution in [0.15, 0.2) is 46.9 Å². The summed E-state index contributed by atoms with van der Waals surface area (Å²) < 4.78 is 13.5. The van der Waals surface area contributed by atoms with Gasteiger partial charge in [0.2, 0.25) is 0 Å². The second kappa shape index (κ2) is 8.54. The van der Waals surface area contributed by atoms with Crippen LogP contribution in [0.1, 0.15) is 24.3 Å². The number of halogens is 1. The summed E-state index contributed by atoms with van der Waals surface area (Å²) in [7, 11) is 0. The van der Waals surface area contributed by atoms with Crippen LogP contribution in [0.4, 0.5) is 4.39 Å². The minimum atomic E-state index is -0.995. The molecule has 144 valence electrons. The predicted octanol–water partition coefficient (Wildman–Crippen LogP) is 3.37. The molecular weight excluding hydrogens is 363 g/mol. The fourth-order valence-corrected chi connectivity index (χ4v) is 3.69. The molecule has 1 atom stereocenters. The number of aliphatic imine (C=N–C) groups is 1. The van der Waals surface area contributed by atoms with Gasteiger partial charge in [0.05, 0.1) is 6.54 Å². The Morgan fingerprint density at radius 3 is 2.93 bits per heavy atom. The van der Waals surface area contributed by atoms with Gasteiger partial charge in [-0.3, -0.25) is 0 Å². The third kappa shape index (κ3) is 4.87. The number of hydrogen-bond donors (Lipinski definition) is 4. The summed E-state index contributed by atoms with van der Waals surface area (Å²) in [6.07, 6.45) is 2.65. The third-order valence-electron chi connectivity index (χ3n) is 4.36. The zero-order valence-corrected chi connectivity index (χ0v) is 16.4. The van der Waals surface area contributed by atoms with Crippen molar-refractivity contribution in [1.82, 2.24) is 15.6 Å². The Hall–Kier alpha value is -2.38. The van der Waals surface area contributed by atoms with Gasteiger partial charge in [-0.25, -0.2) is 9.38 Å². The topological polar surface area (TPSA) is 72.4 Å². The average molecular weight is 389 g/mol. The summed E-state index contributed by atoms with van der Waals surface area (Å²) in [4.78, 5) is 8.58. The highest BCUT2D eigenvalue weighted by molar-refractivity contribution is 7.10. The number of aromatic nitrogens is 1. The Kier molecular flexibility index (Phi) is 6.13. The van der Waals surface area contributed by atoms with E-state index in [9.17, 15) is 9.50 Å². The van der Waals surface area contributed by atoms with E-state index >= 15 is 0 Å². The highest BCUT2D eigenvalue weighted by Gasteiger charge is 2.23. The van der Waals surface area contributed by atoms with Gasteiger partial charge in [0.25, 0.3) is 0 Å². The molecule has 5 nitrogen and oxygen atoms in total. The molecule has 27 heavy (non-hydrogen) atoms. The molecule has 2 heterocycles. The minimum Gasteiger partial charge on any atom is -0.383 e. The van der Waals surface area contributed by atoms with Gasteiger partial charge in [-0.15, -0.1) is 11.3 Å². The second-order valence-corrected chi connectivity index (χ2v) is 7.57. The first-order valence-corrected chi connectivity index (χ1v) is 9.91. The van der Waals surface area contributed by atoms with Crippen LogP contribution in [-0.2, 0) is 12.0 Å². The number of fused-ring (bicyclic) bond motifs is 1. The highest BCUT2D eigenvalue weighted by Crippen LogP contribution is 2.25. The molecular formula is C20H25FN4OS. The molecule has 1 unspecified atom stereocenters. The van der Waals surface area contributed by atoms with Crippen molar-refractivity contribution in [3.05, 3.63) is 58.2 Å². The van der Waals surface area contributed by atoms with Gasteiger partial charge in [-0.2, -0.15) is 0 Å². The Balaban J connectivity index is 1.61. The first-order chi connectivity index (χ1) is 13.0.